The Bertz CT molecular complexity index is 1000. The van der Waals surface area contributed by atoms with E-state index in [1.807, 2.05) is 26.0 Å². The first-order chi connectivity index (χ1) is 14.2. The fraction of sp³-hybridized carbons (Fsp3) is 0.200. The summed E-state index contributed by atoms with van der Waals surface area (Å²) in [6, 6.07) is 26.6. The Kier molecular flexibility index (Phi) is 7.78. The van der Waals surface area contributed by atoms with Crippen LogP contribution in [0, 0.1) is 6.92 Å². The highest BCUT2D eigenvalue weighted by atomic mass is 14.5. The maximum Gasteiger partial charge on any atom is 0.0673 e. The van der Waals surface area contributed by atoms with Gasteiger partial charge in [0.2, 0.25) is 0 Å². The van der Waals surface area contributed by atoms with Crippen LogP contribution >= 0.6 is 0 Å². The second-order valence-corrected chi connectivity index (χ2v) is 7.18. The van der Waals surface area contributed by atoms with E-state index in [0.717, 1.165) is 0 Å². The van der Waals surface area contributed by atoms with Crippen LogP contribution in [0.2, 0.25) is 0 Å². The van der Waals surface area contributed by atoms with E-state index in [9.17, 15) is 0 Å². The van der Waals surface area contributed by atoms with E-state index >= 15 is 0 Å². The molecular weight excluding hydrogens is 360 g/mol. The molecule has 0 saturated carbocycles. The number of allylic oxidation sites excluding steroid dienone is 5. The van der Waals surface area contributed by atoms with Gasteiger partial charge in [0.05, 0.1) is 5.41 Å². The molecule has 0 aliphatic heterocycles. The van der Waals surface area contributed by atoms with Crippen LogP contribution < -0.4 is 0 Å². The quantitative estimate of drug-likeness (QED) is 0.388. The van der Waals surface area contributed by atoms with Crippen molar-refractivity contribution in [1.82, 2.24) is 0 Å². The molecule has 0 amide bonds. The van der Waals surface area contributed by atoms with Gasteiger partial charge in [0.15, 0.2) is 0 Å². The zero-order chi connectivity index (χ0) is 20.9. The predicted molar refractivity (Wildman–Crippen MR) is 134 cm³/mol. The van der Waals surface area contributed by atoms with Gasteiger partial charge >= 0.3 is 0 Å². The van der Waals surface area contributed by atoms with Crippen LogP contribution in [0.15, 0.2) is 109 Å². The molecule has 154 valence electrons. The monoisotopic (exact) mass is 394 g/mol. The van der Waals surface area contributed by atoms with Gasteiger partial charge in [0.1, 0.15) is 0 Å². The van der Waals surface area contributed by atoms with Crippen molar-refractivity contribution in [1.29, 1.82) is 0 Å². The molecule has 0 saturated heterocycles. The summed E-state index contributed by atoms with van der Waals surface area (Å²) in [5.41, 5.74) is 9.00. The molecule has 0 heteroatoms. The minimum Gasteiger partial charge on any atom is -0.0991 e. The van der Waals surface area contributed by atoms with Crippen LogP contribution in [0.3, 0.4) is 0 Å². The molecule has 1 aliphatic carbocycles. The van der Waals surface area contributed by atoms with E-state index in [2.05, 4.69) is 105 Å². The van der Waals surface area contributed by atoms with Gasteiger partial charge < -0.3 is 0 Å². The van der Waals surface area contributed by atoms with Crippen LogP contribution in [0.5, 0.6) is 0 Å². The zero-order valence-corrected chi connectivity index (χ0v) is 17.9. The third kappa shape index (κ3) is 3.71. The number of fused-ring (bicyclic) bond motifs is 3. The Balaban J connectivity index is 0.00000104. The Morgan fingerprint density at radius 1 is 0.767 bits per heavy atom. The van der Waals surface area contributed by atoms with E-state index < -0.39 is 0 Å². The van der Waals surface area contributed by atoms with E-state index in [1.54, 1.807) is 0 Å². The van der Waals surface area contributed by atoms with Gasteiger partial charge in [-0.15, -0.1) is 0 Å². The number of rotatable bonds is 4. The molecule has 3 aromatic rings. The Hall–Kier alpha value is -3.12. The number of benzene rings is 3. The lowest BCUT2D eigenvalue weighted by atomic mass is 9.67. The number of hydrogen-bond donors (Lipinski definition) is 0. The standard InChI is InChI=1S/C27H24.C2H6.CH4/c1-4-5-6-11-21(3)27(22-18-16-20(2)17-19-22)25-14-9-7-12-23(25)24-13-8-10-15-26(24)27;1-2;/h4-19H,1H2,2-3H3;1-2H3;1H4/b6-5-,21-11+;;. The molecular formula is C30H34. The summed E-state index contributed by atoms with van der Waals surface area (Å²) in [6.07, 6.45) is 8.11. The van der Waals surface area contributed by atoms with E-state index in [0.29, 0.717) is 0 Å². The molecule has 0 bridgehead atoms. The first kappa shape index (κ1) is 23.2. The molecule has 0 unspecified atom stereocenters. The Morgan fingerprint density at radius 3 is 1.77 bits per heavy atom. The minimum atomic E-state index is -0.271. The average molecular weight is 395 g/mol. The molecule has 30 heavy (non-hydrogen) atoms. The largest absolute Gasteiger partial charge is 0.0991 e. The molecule has 4 rings (SSSR count). The Morgan fingerprint density at radius 2 is 1.27 bits per heavy atom. The van der Waals surface area contributed by atoms with Crippen molar-refractivity contribution in [2.24, 2.45) is 0 Å². The summed E-state index contributed by atoms with van der Waals surface area (Å²) in [4.78, 5) is 0. The normalized spacial score (nSPS) is 13.5. The molecule has 1 aliphatic rings. The summed E-state index contributed by atoms with van der Waals surface area (Å²) < 4.78 is 0. The highest BCUT2D eigenvalue weighted by Crippen LogP contribution is 2.55. The number of hydrogen-bond acceptors (Lipinski definition) is 0. The molecule has 0 N–H and O–H groups in total. The van der Waals surface area contributed by atoms with Gasteiger partial charge in [-0.25, -0.2) is 0 Å². The van der Waals surface area contributed by atoms with E-state index in [-0.39, 0.29) is 12.8 Å². The molecule has 0 nitrogen and oxygen atoms in total. The van der Waals surface area contributed by atoms with Crippen molar-refractivity contribution in [3.05, 3.63) is 132 Å². The lowest BCUT2D eigenvalue weighted by Gasteiger charge is -2.34. The summed E-state index contributed by atoms with van der Waals surface area (Å²) in [7, 11) is 0. The van der Waals surface area contributed by atoms with Crippen LogP contribution in [0.4, 0.5) is 0 Å². The maximum absolute atomic E-state index is 3.80. The van der Waals surface area contributed by atoms with E-state index in [1.165, 1.54) is 39.0 Å². The van der Waals surface area contributed by atoms with E-state index in [4.69, 9.17) is 0 Å². The lowest BCUT2D eigenvalue weighted by Crippen LogP contribution is -2.28. The molecule has 0 radical (unpaired) electrons. The highest BCUT2D eigenvalue weighted by Gasteiger charge is 2.45. The van der Waals surface area contributed by atoms with Gasteiger partial charge in [-0.3, -0.25) is 0 Å². The van der Waals surface area contributed by atoms with Crippen LogP contribution in [0.25, 0.3) is 11.1 Å². The first-order valence-corrected chi connectivity index (χ1v) is 10.4. The molecule has 0 spiro atoms. The zero-order valence-electron chi connectivity index (χ0n) is 17.9. The molecule has 0 atom stereocenters. The van der Waals surface area contributed by atoms with Crippen LogP contribution in [-0.4, -0.2) is 0 Å². The third-order valence-electron chi connectivity index (χ3n) is 5.62. The van der Waals surface area contributed by atoms with Gasteiger partial charge in [-0.2, -0.15) is 0 Å². The summed E-state index contributed by atoms with van der Waals surface area (Å²) in [5.74, 6) is 0. The minimum absolute atomic E-state index is 0. The first-order valence-electron chi connectivity index (χ1n) is 10.4. The molecule has 0 heterocycles. The van der Waals surface area contributed by atoms with Gasteiger partial charge in [-0.05, 0) is 41.7 Å². The second kappa shape index (κ2) is 10.1. The van der Waals surface area contributed by atoms with Crippen molar-refractivity contribution >= 4 is 0 Å². The molecule has 0 aromatic heterocycles. The topological polar surface area (TPSA) is 0 Å². The van der Waals surface area contributed by atoms with Crippen molar-refractivity contribution in [2.75, 3.05) is 0 Å². The maximum atomic E-state index is 3.80. The summed E-state index contributed by atoms with van der Waals surface area (Å²) in [6.45, 7) is 12.2. The van der Waals surface area contributed by atoms with Crippen LogP contribution in [-0.2, 0) is 5.41 Å². The third-order valence-corrected chi connectivity index (χ3v) is 5.62. The van der Waals surface area contributed by atoms with Crippen molar-refractivity contribution in [3.8, 4) is 11.1 Å². The van der Waals surface area contributed by atoms with Crippen LogP contribution in [0.1, 0.15) is 50.5 Å². The summed E-state index contributed by atoms with van der Waals surface area (Å²) in [5, 5.41) is 0. The van der Waals surface area contributed by atoms with Gasteiger partial charge in [0, 0.05) is 0 Å². The fourth-order valence-corrected chi connectivity index (χ4v) is 4.41. The highest BCUT2D eigenvalue weighted by molar-refractivity contribution is 5.85. The smallest absolute Gasteiger partial charge is 0.0673 e. The number of aryl methyl sites for hydroxylation is 1. The van der Waals surface area contributed by atoms with Gasteiger partial charge in [-0.1, -0.05) is 136 Å². The van der Waals surface area contributed by atoms with Crippen molar-refractivity contribution < 1.29 is 0 Å². The summed E-state index contributed by atoms with van der Waals surface area (Å²) >= 11 is 0. The molecule has 0 fully saturated rings. The lowest BCUT2D eigenvalue weighted by molar-refractivity contribution is 0.746. The average Bonchev–Trinajstić information content (AvgIpc) is 3.07. The second-order valence-electron chi connectivity index (χ2n) is 7.18. The van der Waals surface area contributed by atoms with Crippen molar-refractivity contribution in [3.63, 3.8) is 0 Å². The Labute approximate surface area is 183 Å². The predicted octanol–water partition coefficient (Wildman–Crippen LogP) is 8.66. The molecule has 3 aromatic carbocycles. The SMILES string of the molecule is C.C=C/C=C\C=C(/C)C1(c2ccc(C)cc2)c2ccccc2-c2ccccc21.CC. The fourth-order valence-electron chi connectivity index (χ4n) is 4.41. The van der Waals surface area contributed by atoms with Crippen molar-refractivity contribution in [2.45, 2.75) is 40.5 Å². The van der Waals surface area contributed by atoms with Gasteiger partial charge in [0.25, 0.3) is 0 Å².